The second kappa shape index (κ2) is 4.72. The number of aromatic carboxylic acids is 1. The number of fused-ring (bicyclic) bond motifs is 1. The van der Waals surface area contributed by atoms with Gasteiger partial charge in [-0.3, -0.25) is 0 Å². The molecular weight excluding hydrogens is 322 g/mol. The Morgan fingerprint density at radius 2 is 2.20 bits per heavy atom. The van der Waals surface area contributed by atoms with E-state index in [2.05, 4.69) is 25.9 Å². The monoisotopic (exact) mass is 331 g/mol. The lowest BCUT2D eigenvalue weighted by Gasteiger charge is -2.00. The van der Waals surface area contributed by atoms with Crippen molar-refractivity contribution in [2.45, 2.75) is 6.92 Å². The SMILES string of the molecule is Cc1c(-c2cccc(Br)c2)nc2c(C(=O)O)nccn12. The van der Waals surface area contributed by atoms with Gasteiger partial charge in [-0.05, 0) is 19.1 Å². The van der Waals surface area contributed by atoms with Gasteiger partial charge in [0.15, 0.2) is 11.3 Å². The van der Waals surface area contributed by atoms with E-state index >= 15 is 0 Å². The van der Waals surface area contributed by atoms with E-state index in [4.69, 9.17) is 0 Å². The number of halogens is 1. The zero-order chi connectivity index (χ0) is 14.3. The van der Waals surface area contributed by atoms with Crippen molar-refractivity contribution >= 4 is 27.5 Å². The van der Waals surface area contributed by atoms with Crippen molar-refractivity contribution in [1.82, 2.24) is 14.4 Å². The average molecular weight is 332 g/mol. The molecule has 0 saturated carbocycles. The first kappa shape index (κ1) is 12.8. The Labute approximate surface area is 123 Å². The number of imidazole rings is 1. The van der Waals surface area contributed by atoms with Crippen LogP contribution in [0.1, 0.15) is 16.2 Å². The van der Waals surface area contributed by atoms with Crippen LogP contribution in [-0.4, -0.2) is 25.4 Å². The van der Waals surface area contributed by atoms with E-state index in [0.717, 1.165) is 21.4 Å². The largest absolute Gasteiger partial charge is 0.476 e. The highest BCUT2D eigenvalue weighted by Gasteiger charge is 2.17. The Morgan fingerprint density at radius 1 is 1.40 bits per heavy atom. The Kier molecular flexibility index (Phi) is 3.02. The quantitative estimate of drug-likeness (QED) is 0.783. The van der Waals surface area contributed by atoms with E-state index < -0.39 is 5.97 Å². The molecule has 3 rings (SSSR count). The topological polar surface area (TPSA) is 67.5 Å². The van der Waals surface area contributed by atoms with Gasteiger partial charge in [0.25, 0.3) is 0 Å². The zero-order valence-corrected chi connectivity index (χ0v) is 12.1. The third-order valence-electron chi connectivity index (χ3n) is 3.08. The van der Waals surface area contributed by atoms with Crippen molar-refractivity contribution in [3.8, 4) is 11.3 Å². The van der Waals surface area contributed by atoms with Crippen LogP contribution in [0.4, 0.5) is 0 Å². The number of aryl methyl sites for hydroxylation is 1. The number of hydrogen-bond donors (Lipinski definition) is 1. The van der Waals surface area contributed by atoms with Crippen LogP contribution < -0.4 is 0 Å². The molecule has 2 aromatic heterocycles. The first-order valence-corrected chi connectivity index (χ1v) is 6.70. The molecule has 3 aromatic rings. The first-order chi connectivity index (χ1) is 9.58. The minimum Gasteiger partial charge on any atom is -0.476 e. The summed E-state index contributed by atoms with van der Waals surface area (Å²) in [5.41, 5.74) is 2.87. The summed E-state index contributed by atoms with van der Waals surface area (Å²) < 4.78 is 2.69. The average Bonchev–Trinajstić information content (AvgIpc) is 2.76. The van der Waals surface area contributed by atoms with Gasteiger partial charge in [-0.1, -0.05) is 28.1 Å². The summed E-state index contributed by atoms with van der Waals surface area (Å²) in [6.45, 7) is 1.90. The summed E-state index contributed by atoms with van der Waals surface area (Å²) in [6, 6.07) is 7.73. The fourth-order valence-electron chi connectivity index (χ4n) is 2.16. The van der Waals surface area contributed by atoms with Gasteiger partial charge in [0.2, 0.25) is 0 Å². The summed E-state index contributed by atoms with van der Waals surface area (Å²) in [6.07, 6.45) is 3.18. The predicted molar refractivity (Wildman–Crippen MR) is 77.8 cm³/mol. The van der Waals surface area contributed by atoms with E-state index in [1.807, 2.05) is 31.2 Å². The lowest BCUT2D eigenvalue weighted by Crippen LogP contribution is -2.04. The lowest BCUT2D eigenvalue weighted by atomic mass is 10.1. The van der Waals surface area contributed by atoms with E-state index in [1.54, 1.807) is 10.6 Å². The minimum atomic E-state index is -1.08. The summed E-state index contributed by atoms with van der Waals surface area (Å²) in [5, 5.41) is 9.17. The van der Waals surface area contributed by atoms with Gasteiger partial charge in [-0.2, -0.15) is 0 Å². The van der Waals surface area contributed by atoms with E-state index in [9.17, 15) is 9.90 Å². The number of nitrogens with zero attached hydrogens (tertiary/aromatic N) is 3. The molecule has 0 unspecified atom stereocenters. The molecule has 0 fully saturated rings. The molecule has 1 aromatic carbocycles. The van der Waals surface area contributed by atoms with Gasteiger partial charge >= 0.3 is 5.97 Å². The molecule has 0 amide bonds. The van der Waals surface area contributed by atoms with Gasteiger partial charge in [-0.25, -0.2) is 14.8 Å². The molecule has 0 saturated heterocycles. The maximum absolute atomic E-state index is 11.2. The first-order valence-electron chi connectivity index (χ1n) is 5.91. The van der Waals surface area contributed by atoms with Gasteiger partial charge < -0.3 is 9.51 Å². The highest BCUT2D eigenvalue weighted by Crippen LogP contribution is 2.26. The number of rotatable bonds is 2. The standard InChI is InChI=1S/C14H10BrN3O2/c1-8-11(9-3-2-4-10(15)7-9)17-13-12(14(19)20)16-5-6-18(8)13/h2-7H,1H3,(H,19,20). The molecule has 20 heavy (non-hydrogen) atoms. The third-order valence-corrected chi connectivity index (χ3v) is 3.58. The molecule has 100 valence electrons. The van der Waals surface area contributed by atoms with Crippen LogP contribution in [0.25, 0.3) is 16.9 Å². The van der Waals surface area contributed by atoms with Crippen LogP contribution in [0, 0.1) is 6.92 Å². The molecule has 0 aliphatic heterocycles. The van der Waals surface area contributed by atoms with Crippen LogP contribution in [-0.2, 0) is 0 Å². The molecule has 1 N–H and O–H groups in total. The van der Waals surface area contributed by atoms with E-state index in [1.165, 1.54) is 6.20 Å². The summed E-state index contributed by atoms with van der Waals surface area (Å²) in [5.74, 6) is -1.08. The van der Waals surface area contributed by atoms with Crippen LogP contribution >= 0.6 is 15.9 Å². The molecule has 6 heteroatoms. The number of carboxylic acids is 1. The zero-order valence-electron chi connectivity index (χ0n) is 10.5. The Hall–Kier alpha value is -2.21. The predicted octanol–water partition coefficient (Wildman–Crippen LogP) is 3.17. The van der Waals surface area contributed by atoms with Gasteiger partial charge in [0, 0.05) is 28.1 Å². The molecule has 0 atom stereocenters. The second-order valence-corrected chi connectivity index (χ2v) is 5.25. The number of aromatic nitrogens is 3. The lowest BCUT2D eigenvalue weighted by molar-refractivity contribution is 0.0692. The number of carbonyl (C=O) groups is 1. The van der Waals surface area contributed by atoms with Gasteiger partial charge in [0.1, 0.15) is 0 Å². The maximum Gasteiger partial charge on any atom is 0.358 e. The molecule has 0 aliphatic carbocycles. The maximum atomic E-state index is 11.2. The summed E-state index contributed by atoms with van der Waals surface area (Å²) in [7, 11) is 0. The van der Waals surface area contributed by atoms with Crippen LogP contribution in [0.15, 0.2) is 41.1 Å². The fourth-order valence-corrected chi connectivity index (χ4v) is 2.55. The molecule has 5 nitrogen and oxygen atoms in total. The highest BCUT2D eigenvalue weighted by molar-refractivity contribution is 9.10. The molecule has 0 aliphatic rings. The summed E-state index contributed by atoms with van der Waals surface area (Å²) in [4.78, 5) is 19.5. The number of carboxylic acid groups (broad SMARTS) is 1. The Bertz CT molecular complexity index is 826. The second-order valence-electron chi connectivity index (χ2n) is 4.33. The highest BCUT2D eigenvalue weighted by atomic mass is 79.9. The Morgan fingerprint density at radius 3 is 2.90 bits per heavy atom. The number of benzene rings is 1. The molecule has 0 spiro atoms. The fraction of sp³-hybridized carbons (Fsp3) is 0.0714. The third kappa shape index (κ3) is 1.98. The van der Waals surface area contributed by atoms with Crippen LogP contribution in [0.3, 0.4) is 0 Å². The molecule has 2 heterocycles. The smallest absolute Gasteiger partial charge is 0.358 e. The minimum absolute atomic E-state index is 0.0446. The van der Waals surface area contributed by atoms with Crippen molar-refractivity contribution in [2.24, 2.45) is 0 Å². The van der Waals surface area contributed by atoms with Crippen molar-refractivity contribution in [1.29, 1.82) is 0 Å². The van der Waals surface area contributed by atoms with E-state index in [-0.39, 0.29) is 5.69 Å². The van der Waals surface area contributed by atoms with Crippen molar-refractivity contribution in [3.05, 3.63) is 52.5 Å². The van der Waals surface area contributed by atoms with Crippen LogP contribution in [0.5, 0.6) is 0 Å². The number of hydrogen-bond acceptors (Lipinski definition) is 3. The molecule has 0 bridgehead atoms. The molecule has 0 radical (unpaired) electrons. The van der Waals surface area contributed by atoms with Crippen molar-refractivity contribution in [2.75, 3.05) is 0 Å². The van der Waals surface area contributed by atoms with Crippen molar-refractivity contribution in [3.63, 3.8) is 0 Å². The van der Waals surface area contributed by atoms with E-state index in [0.29, 0.717) is 5.65 Å². The summed E-state index contributed by atoms with van der Waals surface area (Å²) >= 11 is 3.42. The van der Waals surface area contributed by atoms with Gasteiger partial charge in [0.05, 0.1) is 5.69 Å². The Balaban J connectivity index is 2.31. The molecular formula is C14H10BrN3O2. The van der Waals surface area contributed by atoms with Gasteiger partial charge in [-0.15, -0.1) is 0 Å². The normalized spacial score (nSPS) is 10.9. The van der Waals surface area contributed by atoms with Crippen LogP contribution in [0.2, 0.25) is 0 Å². The van der Waals surface area contributed by atoms with Crippen molar-refractivity contribution < 1.29 is 9.90 Å².